The zero-order chi connectivity index (χ0) is 18.8. The topological polar surface area (TPSA) is 58.4 Å². The van der Waals surface area contributed by atoms with Crippen LogP contribution in [0.1, 0.15) is 36.2 Å². The molecule has 2 atom stereocenters. The minimum absolute atomic E-state index is 0.159. The van der Waals surface area contributed by atoms with Crippen molar-refractivity contribution >= 4 is 38.9 Å². The van der Waals surface area contributed by atoms with Crippen molar-refractivity contribution in [1.29, 1.82) is 0 Å². The number of anilines is 3. The first-order chi connectivity index (χ1) is 12.3. The molecule has 138 valence electrons. The van der Waals surface area contributed by atoms with Gasteiger partial charge in [-0.15, -0.1) is 0 Å². The van der Waals surface area contributed by atoms with Crippen LogP contribution in [-0.2, 0) is 0 Å². The molecule has 0 aromatic heterocycles. The molecule has 5 heteroatoms. The number of halogens is 1. The second-order valence-corrected chi connectivity index (χ2v) is 8.46. The van der Waals surface area contributed by atoms with E-state index in [1.165, 1.54) is 6.42 Å². The number of hydrogen-bond donors (Lipinski definition) is 2. The normalized spacial score (nSPS) is 20.1. The fourth-order valence-electron chi connectivity index (χ4n) is 3.85. The number of nitrogens with two attached hydrogens (primary N) is 1. The number of nitrogen functional groups attached to an aromatic ring is 1. The number of carbonyl (C=O) groups is 1. The number of nitrogens with one attached hydrogen (secondary N) is 1. The van der Waals surface area contributed by atoms with Crippen LogP contribution in [-0.4, -0.2) is 19.0 Å². The molecule has 1 saturated heterocycles. The molecule has 1 amide bonds. The van der Waals surface area contributed by atoms with Crippen LogP contribution < -0.4 is 16.0 Å². The van der Waals surface area contributed by atoms with Gasteiger partial charge in [-0.25, -0.2) is 0 Å². The number of nitrogens with zero attached hydrogens (tertiary/aromatic N) is 1. The van der Waals surface area contributed by atoms with Gasteiger partial charge in [0.05, 0.1) is 11.4 Å². The van der Waals surface area contributed by atoms with E-state index in [0.29, 0.717) is 28.8 Å². The Morgan fingerprint density at radius 2 is 1.88 bits per heavy atom. The Balaban J connectivity index is 1.87. The maximum Gasteiger partial charge on any atom is 0.255 e. The SMILES string of the molecule is Cc1cc(N)c(NC(=O)c2cccc(Br)c2)cc1N1C[C@H](C)C[C@@H](C)C1. The first-order valence-electron chi connectivity index (χ1n) is 9.05. The average Bonchev–Trinajstić information content (AvgIpc) is 2.56. The van der Waals surface area contributed by atoms with Gasteiger partial charge in [0.2, 0.25) is 0 Å². The number of hydrogen-bond acceptors (Lipinski definition) is 3. The van der Waals surface area contributed by atoms with E-state index in [1.807, 2.05) is 24.3 Å². The molecule has 0 saturated carbocycles. The highest BCUT2D eigenvalue weighted by Crippen LogP contribution is 2.33. The summed E-state index contributed by atoms with van der Waals surface area (Å²) in [6.07, 6.45) is 1.26. The third kappa shape index (κ3) is 4.21. The summed E-state index contributed by atoms with van der Waals surface area (Å²) < 4.78 is 0.874. The number of amides is 1. The summed E-state index contributed by atoms with van der Waals surface area (Å²) in [5.74, 6) is 1.17. The number of aryl methyl sites for hydroxylation is 1. The van der Waals surface area contributed by atoms with Gasteiger partial charge in [0.15, 0.2) is 0 Å². The van der Waals surface area contributed by atoms with E-state index in [0.717, 1.165) is 28.8 Å². The highest BCUT2D eigenvalue weighted by molar-refractivity contribution is 9.10. The van der Waals surface area contributed by atoms with Crippen LogP contribution >= 0.6 is 15.9 Å². The van der Waals surface area contributed by atoms with Gasteiger partial charge >= 0.3 is 0 Å². The van der Waals surface area contributed by atoms with Crippen LogP contribution in [0.15, 0.2) is 40.9 Å². The summed E-state index contributed by atoms with van der Waals surface area (Å²) in [5, 5.41) is 2.97. The zero-order valence-corrected chi connectivity index (χ0v) is 17.1. The number of rotatable bonds is 3. The van der Waals surface area contributed by atoms with Gasteiger partial charge in [0.25, 0.3) is 5.91 Å². The van der Waals surface area contributed by atoms with E-state index in [2.05, 4.69) is 46.9 Å². The van der Waals surface area contributed by atoms with Crippen molar-refractivity contribution in [2.45, 2.75) is 27.2 Å². The maximum absolute atomic E-state index is 12.6. The summed E-state index contributed by atoms with van der Waals surface area (Å²) in [4.78, 5) is 15.0. The largest absolute Gasteiger partial charge is 0.397 e. The Labute approximate surface area is 163 Å². The highest BCUT2D eigenvalue weighted by atomic mass is 79.9. The van der Waals surface area contributed by atoms with Crippen LogP contribution in [0.2, 0.25) is 0 Å². The number of carbonyl (C=O) groups excluding carboxylic acids is 1. The molecule has 1 aliphatic rings. The third-order valence-electron chi connectivity index (χ3n) is 4.91. The van der Waals surface area contributed by atoms with Crippen molar-refractivity contribution in [3.05, 3.63) is 52.0 Å². The van der Waals surface area contributed by atoms with Crippen molar-refractivity contribution in [1.82, 2.24) is 0 Å². The smallest absolute Gasteiger partial charge is 0.255 e. The molecule has 0 radical (unpaired) electrons. The van der Waals surface area contributed by atoms with Crippen LogP contribution in [0.3, 0.4) is 0 Å². The minimum Gasteiger partial charge on any atom is -0.397 e. The van der Waals surface area contributed by atoms with Crippen molar-refractivity contribution < 1.29 is 4.79 Å². The lowest BCUT2D eigenvalue weighted by Crippen LogP contribution is -2.39. The Hall–Kier alpha value is -2.01. The molecule has 0 spiro atoms. The van der Waals surface area contributed by atoms with E-state index in [-0.39, 0.29) is 5.91 Å². The van der Waals surface area contributed by atoms with Gasteiger partial charge in [-0.3, -0.25) is 4.79 Å². The summed E-state index contributed by atoms with van der Waals surface area (Å²) in [6, 6.07) is 11.3. The number of piperidine rings is 1. The summed E-state index contributed by atoms with van der Waals surface area (Å²) >= 11 is 3.40. The molecule has 2 aromatic carbocycles. The monoisotopic (exact) mass is 415 g/mol. The average molecular weight is 416 g/mol. The fourth-order valence-corrected chi connectivity index (χ4v) is 4.25. The van der Waals surface area contributed by atoms with Gasteiger partial charge < -0.3 is 16.0 Å². The lowest BCUT2D eigenvalue weighted by molar-refractivity contribution is 0.102. The van der Waals surface area contributed by atoms with Crippen molar-refractivity contribution in [3.63, 3.8) is 0 Å². The predicted molar refractivity (Wildman–Crippen MR) is 113 cm³/mol. The molecule has 4 nitrogen and oxygen atoms in total. The predicted octanol–water partition coefficient (Wildman–Crippen LogP) is 5.07. The van der Waals surface area contributed by atoms with Crippen LogP contribution in [0.5, 0.6) is 0 Å². The fraction of sp³-hybridized carbons (Fsp3) is 0.381. The van der Waals surface area contributed by atoms with Crippen molar-refractivity contribution in [2.24, 2.45) is 11.8 Å². The lowest BCUT2D eigenvalue weighted by Gasteiger charge is -2.37. The van der Waals surface area contributed by atoms with Gasteiger partial charge in [-0.1, -0.05) is 35.8 Å². The van der Waals surface area contributed by atoms with Crippen LogP contribution in [0, 0.1) is 18.8 Å². The van der Waals surface area contributed by atoms with E-state index in [4.69, 9.17) is 5.73 Å². The molecule has 1 fully saturated rings. The molecule has 1 aliphatic heterocycles. The van der Waals surface area contributed by atoms with Gasteiger partial charge in [-0.05, 0) is 61.1 Å². The summed E-state index contributed by atoms with van der Waals surface area (Å²) in [6.45, 7) is 8.74. The molecule has 26 heavy (non-hydrogen) atoms. The highest BCUT2D eigenvalue weighted by Gasteiger charge is 2.24. The summed E-state index contributed by atoms with van der Waals surface area (Å²) in [5.41, 5.74) is 10.3. The van der Waals surface area contributed by atoms with Gasteiger partial charge in [0.1, 0.15) is 0 Å². The van der Waals surface area contributed by atoms with Crippen molar-refractivity contribution in [3.8, 4) is 0 Å². The summed E-state index contributed by atoms with van der Waals surface area (Å²) in [7, 11) is 0. The molecule has 0 bridgehead atoms. The second-order valence-electron chi connectivity index (χ2n) is 7.54. The quantitative estimate of drug-likeness (QED) is 0.687. The zero-order valence-electron chi connectivity index (χ0n) is 15.6. The van der Waals surface area contributed by atoms with Gasteiger partial charge in [-0.2, -0.15) is 0 Å². The second kappa shape index (κ2) is 7.70. The molecule has 1 heterocycles. The first-order valence-corrected chi connectivity index (χ1v) is 9.84. The van der Waals surface area contributed by atoms with E-state index in [9.17, 15) is 4.79 Å². The molecule has 3 rings (SSSR count). The molecule has 0 aliphatic carbocycles. The van der Waals surface area contributed by atoms with E-state index < -0.39 is 0 Å². The molecule has 2 aromatic rings. The Kier molecular flexibility index (Phi) is 5.56. The first kappa shape index (κ1) is 18.8. The number of benzene rings is 2. The van der Waals surface area contributed by atoms with Gasteiger partial charge in [0, 0.05) is 28.8 Å². The van der Waals surface area contributed by atoms with E-state index >= 15 is 0 Å². The van der Waals surface area contributed by atoms with Crippen LogP contribution in [0.4, 0.5) is 17.1 Å². The Morgan fingerprint density at radius 1 is 1.19 bits per heavy atom. The lowest BCUT2D eigenvalue weighted by atomic mass is 9.91. The third-order valence-corrected chi connectivity index (χ3v) is 5.41. The minimum atomic E-state index is -0.159. The Morgan fingerprint density at radius 3 is 2.54 bits per heavy atom. The van der Waals surface area contributed by atoms with Crippen molar-refractivity contribution in [2.75, 3.05) is 29.0 Å². The molecule has 3 N–H and O–H groups in total. The van der Waals surface area contributed by atoms with E-state index in [1.54, 1.807) is 12.1 Å². The standard InChI is InChI=1S/C21H26BrN3O/c1-13-7-14(2)12-25(11-13)20-10-19(18(23)8-15(20)3)24-21(26)16-5-4-6-17(22)9-16/h4-6,8-10,13-14H,7,11-12,23H2,1-3H3,(H,24,26)/t13-,14-/m1/s1. The maximum atomic E-state index is 12.6. The Bertz CT molecular complexity index is 811. The van der Waals surface area contributed by atoms with Crippen LogP contribution in [0.25, 0.3) is 0 Å². The molecular formula is C21H26BrN3O. The molecular weight excluding hydrogens is 390 g/mol. The molecule has 0 unspecified atom stereocenters.